The summed E-state index contributed by atoms with van der Waals surface area (Å²) in [4.78, 5) is 0. The van der Waals surface area contributed by atoms with Crippen molar-refractivity contribution < 1.29 is 5.11 Å². The van der Waals surface area contributed by atoms with Gasteiger partial charge in [-0.25, -0.2) is 0 Å². The van der Waals surface area contributed by atoms with E-state index >= 15 is 0 Å². The third-order valence-corrected chi connectivity index (χ3v) is 26.2. The monoisotopic (exact) mass is 728 g/mol. The third kappa shape index (κ3) is 8.37. The molecular weight excluding hydrogens is 675 g/mol. The molecule has 5 rings (SSSR count). The van der Waals surface area contributed by atoms with Crippen molar-refractivity contribution in [1.29, 1.82) is 0 Å². The maximum absolute atomic E-state index is 12.8. The molecule has 0 heterocycles. The molecule has 0 unspecified atom stereocenters. The molecule has 0 bridgehead atoms. The van der Waals surface area contributed by atoms with Crippen LogP contribution in [0.1, 0.15) is 69.4 Å². The number of hydrogen-bond acceptors (Lipinski definition) is 1. The fourth-order valence-electron chi connectivity index (χ4n) is 8.02. The molecule has 47 heavy (non-hydrogen) atoms. The van der Waals surface area contributed by atoms with E-state index in [2.05, 4.69) is 167 Å². The molecule has 0 aromatic heterocycles. The summed E-state index contributed by atoms with van der Waals surface area (Å²) >= 11 is -3.57. The zero-order valence-corrected chi connectivity index (χ0v) is 32.0. The summed E-state index contributed by atoms with van der Waals surface area (Å²) in [6.07, 6.45) is 2.21. The Morgan fingerprint density at radius 2 is 0.638 bits per heavy atom. The van der Waals surface area contributed by atoms with Crippen LogP contribution in [-0.2, 0) is 21.8 Å². The van der Waals surface area contributed by atoms with E-state index in [-0.39, 0.29) is 16.2 Å². The molecule has 0 aliphatic heterocycles. The summed E-state index contributed by atoms with van der Waals surface area (Å²) in [6.45, 7) is 14.6. The van der Waals surface area contributed by atoms with Gasteiger partial charge in [-0.15, -0.1) is 0 Å². The van der Waals surface area contributed by atoms with Crippen LogP contribution in [0.25, 0.3) is 0 Å². The first-order chi connectivity index (χ1) is 22.4. The fourth-order valence-corrected chi connectivity index (χ4v) is 28.6. The molecule has 5 aromatic carbocycles. The SMILES string of the molecule is CC(C)([CH2][Sn](/[CH]=C/C(O)(c1ccccc1)c1ccccc1)([CH2]C(C)(C)c1ccccc1)[CH2]C(C)(C)c1ccccc1)c1ccccc1. The van der Waals surface area contributed by atoms with E-state index in [9.17, 15) is 5.11 Å². The van der Waals surface area contributed by atoms with Gasteiger partial charge in [0.1, 0.15) is 0 Å². The van der Waals surface area contributed by atoms with E-state index in [1.165, 1.54) is 16.7 Å². The third-order valence-electron chi connectivity index (χ3n) is 10.2. The molecule has 0 amide bonds. The van der Waals surface area contributed by atoms with Gasteiger partial charge in [-0.2, -0.15) is 0 Å². The Morgan fingerprint density at radius 1 is 0.404 bits per heavy atom. The van der Waals surface area contributed by atoms with Gasteiger partial charge in [0.2, 0.25) is 0 Å². The Kier molecular flexibility index (Phi) is 10.7. The topological polar surface area (TPSA) is 20.2 Å². The van der Waals surface area contributed by atoms with Crippen LogP contribution in [0, 0.1) is 0 Å². The summed E-state index contributed by atoms with van der Waals surface area (Å²) in [7, 11) is 0. The summed E-state index contributed by atoms with van der Waals surface area (Å²) in [5, 5.41) is 12.8. The number of benzene rings is 5. The molecule has 0 saturated heterocycles. The van der Waals surface area contributed by atoms with Crippen molar-refractivity contribution in [3.63, 3.8) is 0 Å². The average Bonchev–Trinajstić information content (AvgIpc) is 3.08. The van der Waals surface area contributed by atoms with Gasteiger partial charge < -0.3 is 0 Å². The van der Waals surface area contributed by atoms with E-state index in [1.54, 1.807) is 0 Å². The molecule has 0 atom stereocenters. The zero-order chi connectivity index (χ0) is 33.6. The van der Waals surface area contributed by atoms with Gasteiger partial charge in [0, 0.05) is 0 Å². The second-order valence-corrected chi connectivity index (χ2v) is 27.2. The summed E-state index contributed by atoms with van der Waals surface area (Å²) < 4.78 is 5.98. The maximum atomic E-state index is 12.8. The van der Waals surface area contributed by atoms with Crippen molar-refractivity contribution in [1.82, 2.24) is 0 Å². The molecule has 0 aliphatic rings. The van der Waals surface area contributed by atoms with E-state index < -0.39 is 24.0 Å². The quantitative estimate of drug-likeness (QED) is 0.120. The predicted octanol–water partition coefficient (Wildman–Crippen LogP) is 11.4. The van der Waals surface area contributed by atoms with Crippen LogP contribution < -0.4 is 0 Å². The van der Waals surface area contributed by atoms with Crippen LogP contribution in [0.15, 0.2) is 162 Å². The molecule has 0 aliphatic carbocycles. The van der Waals surface area contributed by atoms with Gasteiger partial charge in [0.15, 0.2) is 0 Å². The minimum absolute atomic E-state index is 0.0428. The molecular formula is C45H52OSn. The standard InChI is InChI=1S/C15H13O.3C10H13.Sn/c1-2-15(16,13-9-5-3-6-10-13)14-11-7-4-8-12-14;3*1-10(2,3)9-7-5-4-6-8-9;/h1-12,16H;3*4-8H,1H2,2-3H3;. The van der Waals surface area contributed by atoms with Crippen molar-refractivity contribution >= 4 is 18.4 Å². The van der Waals surface area contributed by atoms with Crippen LogP contribution in [-0.4, -0.2) is 23.5 Å². The van der Waals surface area contributed by atoms with Crippen molar-refractivity contribution in [2.45, 2.75) is 76.7 Å². The van der Waals surface area contributed by atoms with Gasteiger partial charge in [-0.3, -0.25) is 0 Å². The van der Waals surface area contributed by atoms with Crippen molar-refractivity contribution in [3.05, 3.63) is 190 Å². The molecule has 5 aromatic rings. The molecule has 1 nitrogen and oxygen atoms in total. The van der Waals surface area contributed by atoms with Gasteiger partial charge in [-0.1, -0.05) is 0 Å². The van der Waals surface area contributed by atoms with Crippen molar-refractivity contribution in [3.8, 4) is 0 Å². The Morgan fingerprint density at radius 3 is 0.894 bits per heavy atom. The van der Waals surface area contributed by atoms with Gasteiger partial charge in [0.05, 0.1) is 0 Å². The van der Waals surface area contributed by atoms with E-state index in [0.717, 1.165) is 24.4 Å². The molecule has 0 saturated carbocycles. The predicted molar refractivity (Wildman–Crippen MR) is 204 cm³/mol. The van der Waals surface area contributed by atoms with Crippen LogP contribution in [0.3, 0.4) is 0 Å². The Balaban J connectivity index is 1.74. The molecule has 1 N–H and O–H groups in total. The molecule has 2 heteroatoms. The average molecular weight is 728 g/mol. The number of aliphatic hydroxyl groups is 1. The normalized spacial score (nSPS) is 13.2. The Bertz CT molecular complexity index is 1540. The zero-order valence-electron chi connectivity index (χ0n) is 29.2. The second kappa shape index (κ2) is 14.4. The fraction of sp³-hybridized carbons (Fsp3) is 0.289. The summed E-state index contributed by atoms with van der Waals surface area (Å²) in [5.41, 5.74) is 4.57. The van der Waals surface area contributed by atoms with Crippen LogP contribution in [0.2, 0.25) is 13.3 Å². The first-order valence-corrected chi connectivity index (χ1v) is 24.8. The van der Waals surface area contributed by atoms with E-state index in [1.807, 2.05) is 36.4 Å². The minimum atomic E-state index is -3.57. The molecule has 0 spiro atoms. The molecule has 0 fully saturated rings. The molecule has 0 radical (unpaired) electrons. The molecule has 242 valence electrons. The Labute approximate surface area is 288 Å². The summed E-state index contributed by atoms with van der Waals surface area (Å²) in [6, 6.07) is 53.6. The van der Waals surface area contributed by atoms with E-state index in [0.29, 0.717) is 0 Å². The number of hydrogen-bond donors (Lipinski definition) is 1. The first kappa shape index (κ1) is 34.9. The van der Waals surface area contributed by atoms with Gasteiger partial charge in [-0.05, 0) is 0 Å². The van der Waals surface area contributed by atoms with Crippen molar-refractivity contribution in [2.24, 2.45) is 0 Å². The van der Waals surface area contributed by atoms with Gasteiger partial charge >= 0.3 is 290 Å². The number of rotatable bonds is 13. The van der Waals surface area contributed by atoms with Crippen molar-refractivity contribution in [2.75, 3.05) is 0 Å². The van der Waals surface area contributed by atoms with Crippen LogP contribution >= 0.6 is 0 Å². The van der Waals surface area contributed by atoms with Crippen LogP contribution in [0.5, 0.6) is 0 Å². The van der Waals surface area contributed by atoms with Crippen LogP contribution in [0.4, 0.5) is 0 Å². The van der Waals surface area contributed by atoms with E-state index in [4.69, 9.17) is 0 Å². The van der Waals surface area contributed by atoms with Gasteiger partial charge in [0.25, 0.3) is 0 Å². The first-order valence-electron chi connectivity index (χ1n) is 17.1. The Hall–Kier alpha value is -3.40. The summed E-state index contributed by atoms with van der Waals surface area (Å²) in [5.74, 6) is 0. The second-order valence-electron chi connectivity index (χ2n) is 15.5.